The van der Waals surface area contributed by atoms with Crippen molar-refractivity contribution in [3.05, 3.63) is 50.1 Å². The molecule has 0 unspecified atom stereocenters. The minimum absolute atomic E-state index is 0.0367. The molecule has 0 spiro atoms. The maximum atomic E-state index is 13.8. The summed E-state index contributed by atoms with van der Waals surface area (Å²) in [5.41, 5.74) is 5.34. The molecule has 3 N–H and O–H groups in total. The SMILES string of the molecule is NC(=S)c1cc(F)c(NCc2sccc2Br)c(F)c1. The molecular formula is C12H9BrF2N2S2. The first-order chi connectivity index (χ1) is 8.99. The van der Waals surface area contributed by atoms with Crippen LogP contribution in [-0.2, 0) is 6.54 Å². The molecule has 0 atom stereocenters. The molecule has 2 rings (SSSR count). The number of thiophene rings is 1. The Hall–Kier alpha value is -1.05. The van der Waals surface area contributed by atoms with Crippen molar-refractivity contribution in [2.24, 2.45) is 5.73 Å². The van der Waals surface area contributed by atoms with E-state index < -0.39 is 11.6 Å². The number of hydrogen-bond donors (Lipinski definition) is 2. The molecule has 0 saturated carbocycles. The number of nitrogens with one attached hydrogen (secondary N) is 1. The maximum absolute atomic E-state index is 13.8. The smallest absolute Gasteiger partial charge is 0.150 e. The minimum Gasteiger partial charge on any atom is -0.389 e. The number of rotatable bonds is 4. The fraction of sp³-hybridized carbons (Fsp3) is 0.0833. The van der Waals surface area contributed by atoms with Gasteiger partial charge in [-0.05, 0) is 39.5 Å². The second kappa shape index (κ2) is 5.94. The molecular weight excluding hydrogens is 354 g/mol. The van der Waals surface area contributed by atoms with Crippen LogP contribution in [0.3, 0.4) is 0 Å². The largest absolute Gasteiger partial charge is 0.389 e. The Morgan fingerprint density at radius 2 is 2.00 bits per heavy atom. The Morgan fingerprint density at radius 3 is 2.47 bits per heavy atom. The maximum Gasteiger partial charge on any atom is 0.150 e. The number of nitrogens with two attached hydrogens (primary N) is 1. The van der Waals surface area contributed by atoms with Gasteiger partial charge in [0.05, 0.1) is 6.54 Å². The molecule has 2 nitrogen and oxygen atoms in total. The highest BCUT2D eigenvalue weighted by molar-refractivity contribution is 9.10. The number of halogens is 3. The number of thiocarbonyl (C=S) groups is 1. The molecule has 0 saturated heterocycles. The summed E-state index contributed by atoms with van der Waals surface area (Å²) in [6.45, 7) is 0.332. The van der Waals surface area contributed by atoms with E-state index in [9.17, 15) is 8.78 Å². The lowest BCUT2D eigenvalue weighted by Crippen LogP contribution is -2.12. The van der Waals surface area contributed by atoms with Crippen LogP contribution in [0.5, 0.6) is 0 Å². The van der Waals surface area contributed by atoms with Crippen molar-refractivity contribution in [2.75, 3.05) is 5.32 Å². The van der Waals surface area contributed by atoms with Crippen LogP contribution in [-0.4, -0.2) is 4.99 Å². The Morgan fingerprint density at radius 1 is 1.37 bits per heavy atom. The molecule has 0 fully saturated rings. The van der Waals surface area contributed by atoms with E-state index in [0.29, 0.717) is 6.54 Å². The van der Waals surface area contributed by atoms with Gasteiger partial charge in [0.1, 0.15) is 22.3 Å². The lowest BCUT2D eigenvalue weighted by Gasteiger charge is -2.10. The highest BCUT2D eigenvalue weighted by Crippen LogP contribution is 2.26. The lowest BCUT2D eigenvalue weighted by atomic mass is 10.2. The van der Waals surface area contributed by atoms with Crippen LogP contribution in [0, 0.1) is 11.6 Å². The topological polar surface area (TPSA) is 38.0 Å². The van der Waals surface area contributed by atoms with Crippen molar-refractivity contribution in [1.29, 1.82) is 0 Å². The van der Waals surface area contributed by atoms with Gasteiger partial charge in [0.25, 0.3) is 0 Å². The molecule has 19 heavy (non-hydrogen) atoms. The molecule has 1 aromatic heterocycles. The van der Waals surface area contributed by atoms with E-state index >= 15 is 0 Å². The second-order valence-corrected chi connectivity index (χ2v) is 6.02. The fourth-order valence-electron chi connectivity index (χ4n) is 1.50. The van der Waals surface area contributed by atoms with E-state index in [1.165, 1.54) is 11.3 Å². The first kappa shape index (κ1) is 14.4. The van der Waals surface area contributed by atoms with E-state index in [4.69, 9.17) is 18.0 Å². The zero-order chi connectivity index (χ0) is 14.0. The van der Waals surface area contributed by atoms with Crippen LogP contribution < -0.4 is 11.1 Å². The van der Waals surface area contributed by atoms with Gasteiger partial charge in [-0.2, -0.15) is 0 Å². The Balaban J connectivity index is 2.21. The van der Waals surface area contributed by atoms with Crippen molar-refractivity contribution in [1.82, 2.24) is 0 Å². The van der Waals surface area contributed by atoms with Crippen LogP contribution in [0.2, 0.25) is 0 Å². The van der Waals surface area contributed by atoms with Crippen molar-refractivity contribution < 1.29 is 8.78 Å². The third-order valence-corrected chi connectivity index (χ3v) is 4.61. The number of hydrogen-bond acceptors (Lipinski definition) is 3. The predicted octanol–water partition coefficient (Wildman–Crippen LogP) is 4.04. The van der Waals surface area contributed by atoms with E-state index in [2.05, 4.69) is 21.2 Å². The minimum atomic E-state index is -0.713. The van der Waals surface area contributed by atoms with Crippen molar-refractivity contribution in [3.8, 4) is 0 Å². The van der Waals surface area contributed by atoms with Gasteiger partial charge in [-0.15, -0.1) is 11.3 Å². The lowest BCUT2D eigenvalue weighted by molar-refractivity contribution is 0.587. The summed E-state index contributed by atoms with van der Waals surface area (Å²) in [6, 6.07) is 4.12. The van der Waals surface area contributed by atoms with E-state index in [1.807, 2.05) is 11.4 Å². The quantitative estimate of drug-likeness (QED) is 0.806. The molecule has 0 bridgehead atoms. The van der Waals surface area contributed by atoms with Gasteiger partial charge in [0.15, 0.2) is 0 Å². The Bertz CT molecular complexity index is 605. The molecule has 7 heteroatoms. The van der Waals surface area contributed by atoms with Crippen LogP contribution >= 0.6 is 39.5 Å². The van der Waals surface area contributed by atoms with E-state index in [-0.39, 0.29) is 16.2 Å². The summed E-state index contributed by atoms with van der Waals surface area (Å²) in [7, 11) is 0. The zero-order valence-corrected chi connectivity index (χ0v) is 12.8. The summed E-state index contributed by atoms with van der Waals surface area (Å²) >= 11 is 9.54. The summed E-state index contributed by atoms with van der Waals surface area (Å²) in [6.07, 6.45) is 0. The van der Waals surface area contributed by atoms with E-state index in [0.717, 1.165) is 21.5 Å². The summed E-state index contributed by atoms with van der Waals surface area (Å²) in [4.78, 5) is 0.919. The molecule has 1 heterocycles. The first-order valence-corrected chi connectivity index (χ1v) is 7.31. The van der Waals surface area contributed by atoms with Gasteiger partial charge in [-0.25, -0.2) is 8.78 Å². The van der Waals surface area contributed by atoms with Crippen molar-refractivity contribution >= 4 is 50.2 Å². The number of benzene rings is 1. The predicted molar refractivity (Wildman–Crippen MR) is 81.6 cm³/mol. The number of anilines is 1. The first-order valence-electron chi connectivity index (χ1n) is 5.23. The van der Waals surface area contributed by atoms with Gasteiger partial charge >= 0.3 is 0 Å². The standard InChI is InChI=1S/C12H9BrF2N2S2/c13-7-1-2-19-10(7)5-17-11-8(14)3-6(12(16)18)4-9(11)15/h1-4,17H,5H2,(H2,16,18). The second-order valence-electron chi connectivity index (χ2n) is 3.72. The third kappa shape index (κ3) is 3.29. The molecule has 2 aromatic rings. The van der Waals surface area contributed by atoms with E-state index in [1.54, 1.807) is 0 Å². The van der Waals surface area contributed by atoms with Crippen LogP contribution in [0.1, 0.15) is 10.4 Å². The van der Waals surface area contributed by atoms with Gasteiger partial charge in [-0.1, -0.05) is 12.2 Å². The monoisotopic (exact) mass is 362 g/mol. The Labute approximate surface area is 126 Å². The van der Waals surface area contributed by atoms with Gasteiger partial charge in [-0.3, -0.25) is 0 Å². The van der Waals surface area contributed by atoms with Crippen LogP contribution in [0.4, 0.5) is 14.5 Å². The average Bonchev–Trinajstić information content (AvgIpc) is 2.73. The van der Waals surface area contributed by atoms with Crippen LogP contribution in [0.15, 0.2) is 28.1 Å². The molecule has 100 valence electrons. The average molecular weight is 363 g/mol. The zero-order valence-electron chi connectivity index (χ0n) is 9.54. The molecule has 0 radical (unpaired) electrons. The molecule has 1 aromatic carbocycles. The Kier molecular flexibility index (Phi) is 4.49. The summed E-state index contributed by atoms with van der Waals surface area (Å²) in [5, 5.41) is 4.63. The summed E-state index contributed by atoms with van der Waals surface area (Å²) < 4.78 is 28.5. The molecule has 0 aliphatic rings. The van der Waals surface area contributed by atoms with Gasteiger partial charge < -0.3 is 11.1 Å². The van der Waals surface area contributed by atoms with Crippen LogP contribution in [0.25, 0.3) is 0 Å². The molecule has 0 aliphatic heterocycles. The normalized spacial score (nSPS) is 10.5. The van der Waals surface area contributed by atoms with Crippen molar-refractivity contribution in [2.45, 2.75) is 6.54 Å². The van der Waals surface area contributed by atoms with Gasteiger partial charge in [0.2, 0.25) is 0 Å². The highest BCUT2D eigenvalue weighted by atomic mass is 79.9. The highest BCUT2D eigenvalue weighted by Gasteiger charge is 2.13. The third-order valence-electron chi connectivity index (χ3n) is 2.44. The fourth-order valence-corrected chi connectivity index (χ4v) is 3.05. The molecule has 0 aliphatic carbocycles. The van der Waals surface area contributed by atoms with Crippen molar-refractivity contribution in [3.63, 3.8) is 0 Å². The molecule has 0 amide bonds. The summed E-state index contributed by atoms with van der Waals surface area (Å²) in [5.74, 6) is -1.43. The van der Waals surface area contributed by atoms with Gasteiger partial charge in [0, 0.05) is 14.9 Å².